The molecule has 1 amide bonds. The first kappa shape index (κ1) is 32.6. The van der Waals surface area contributed by atoms with E-state index in [1.54, 1.807) is 0 Å². The Morgan fingerprint density at radius 2 is 1.77 bits per heavy atom. The van der Waals surface area contributed by atoms with E-state index in [0.717, 1.165) is 29.9 Å². The number of phosphoric acid groups is 1. The summed E-state index contributed by atoms with van der Waals surface area (Å²) in [6.45, 7) is 1.87. The average Bonchev–Trinajstić information content (AvgIpc) is 2.90. The minimum absolute atomic E-state index is 0. The van der Waals surface area contributed by atoms with Crippen LogP contribution >= 0.6 is 7.82 Å². The third-order valence-electron chi connectivity index (χ3n) is 5.59. The van der Waals surface area contributed by atoms with Crippen molar-refractivity contribution in [3.05, 3.63) is 48.4 Å². The predicted molar refractivity (Wildman–Crippen MR) is 148 cm³/mol. The van der Waals surface area contributed by atoms with Gasteiger partial charge in [-0.3, -0.25) is 14.2 Å². The van der Waals surface area contributed by atoms with E-state index < -0.39 is 26.3 Å². The Morgan fingerprint density at radius 1 is 1.05 bits per heavy atom. The van der Waals surface area contributed by atoms with Gasteiger partial charge in [-0.15, -0.1) is 0 Å². The molecule has 2 aliphatic heterocycles. The number of rotatable bonds is 8. The normalized spacial score (nSPS) is 14.8. The first-order valence-corrected chi connectivity index (χ1v) is 12.9. The molecule has 40 heavy (non-hydrogen) atoms. The maximum atomic E-state index is 14.5. The number of ether oxygens (including phenoxy) is 2. The molecule has 1 aromatic carbocycles. The van der Waals surface area contributed by atoms with Gasteiger partial charge in [0.15, 0.2) is 29.8 Å². The second-order valence-electron chi connectivity index (χ2n) is 8.16. The monoisotopic (exact) mass is 595 g/mol. The van der Waals surface area contributed by atoms with E-state index in [9.17, 15) is 13.8 Å². The number of morpholine rings is 1. The molecule has 204 valence electrons. The number of nitrogens with one attached hydrogen (secondary N) is 2. The number of nitrogens with zero attached hydrogens (tertiary/aromatic N) is 5. The van der Waals surface area contributed by atoms with E-state index in [1.807, 2.05) is 24.3 Å². The molecular weight excluding hydrogens is 570 g/mol. The van der Waals surface area contributed by atoms with Crippen molar-refractivity contribution in [2.75, 3.05) is 60.1 Å². The van der Waals surface area contributed by atoms with Gasteiger partial charge >= 0.3 is 66.9 Å². The Balaban J connectivity index is 0.00000220. The number of carbonyl (C=O) groups excluding carboxylic acids is 1. The number of anilines is 6. The van der Waals surface area contributed by atoms with Crippen LogP contribution in [-0.2, 0) is 18.6 Å². The van der Waals surface area contributed by atoms with E-state index in [0.29, 0.717) is 18.9 Å². The summed E-state index contributed by atoms with van der Waals surface area (Å²) < 4.78 is 40.8. The van der Waals surface area contributed by atoms with Gasteiger partial charge in [-0.05, 0) is 36.4 Å². The molecule has 0 aliphatic carbocycles. The van der Waals surface area contributed by atoms with Crippen molar-refractivity contribution >= 4 is 108 Å². The molecule has 18 heteroatoms. The Labute approximate surface area is 272 Å². The zero-order valence-corrected chi connectivity index (χ0v) is 20.7. The van der Waals surface area contributed by atoms with Crippen molar-refractivity contribution in [1.29, 1.82) is 0 Å². The molecule has 4 heterocycles. The molecule has 0 saturated carbocycles. The summed E-state index contributed by atoms with van der Waals surface area (Å²) >= 11 is 0. The van der Waals surface area contributed by atoms with Gasteiger partial charge in [-0.1, -0.05) is 0 Å². The minimum atomic E-state index is -4.85. The molecule has 0 bridgehead atoms. The number of fused-ring (bicyclic) bond motifs is 1. The van der Waals surface area contributed by atoms with Crippen LogP contribution in [0.2, 0.25) is 0 Å². The van der Waals surface area contributed by atoms with Gasteiger partial charge in [0.2, 0.25) is 5.95 Å². The second-order valence-corrected chi connectivity index (χ2v) is 9.40. The summed E-state index contributed by atoms with van der Waals surface area (Å²) in [4.78, 5) is 45.7. The molecule has 0 unspecified atom stereocenters. The van der Waals surface area contributed by atoms with Crippen molar-refractivity contribution in [1.82, 2.24) is 15.0 Å². The number of benzene rings is 1. The van der Waals surface area contributed by atoms with E-state index in [1.165, 1.54) is 12.1 Å². The number of hydrogen-bond acceptors (Lipinski definition) is 11. The fourth-order valence-corrected chi connectivity index (χ4v) is 4.02. The molecule has 0 radical (unpaired) electrons. The number of aromatic nitrogens is 3. The summed E-state index contributed by atoms with van der Waals surface area (Å²) in [6.07, 6.45) is 0.991. The quantitative estimate of drug-likeness (QED) is 0.213. The number of carbonyl (C=O) groups is 1. The van der Waals surface area contributed by atoms with E-state index >= 15 is 0 Å². The molecule has 3 aromatic rings. The van der Waals surface area contributed by atoms with Gasteiger partial charge in [0.05, 0.1) is 19.4 Å². The third-order valence-corrected chi connectivity index (χ3v) is 6.04. The van der Waals surface area contributed by atoms with Crippen LogP contribution in [0.3, 0.4) is 0 Å². The molecule has 14 nitrogen and oxygen atoms in total. The summed E-state index contributed by atoms with van der Waals surface area (Å²) in [7, 11) is -4.85. The number of amides is 1. The van der Waals surface area contributed by atoms with Crippen molar-refractivity contribution < 1.29 is 37.5 Å². The Morgan fingerprint density at radius 3 is 2.48 bits per heavy atom. The van der Waals surface area contributed by atoms with Crippen molar-refractivity contribution in [2.24, 2.45) is 0 Å². The zero-order chi connectivity index (χ0) is 26.7. The maximum absolute atomic E-state index is 14.5. The number of pyridine rings is 1. The Hall–Kier alpha value is -1.88. The van der Waals surface area contributed by atoms with Crippen LogP contribution in [0.4, 0.5) is 39.2 Å². The molecule has 1 fully saturated rings. The van der Waals surface area contributed by atoms with Gasteiger partial charge in [-0.2, -0.15) is 4.98 Å². The molecule has 1 saturated heterocycles. The molecule has 4 N–H and O–H groups in total. The molecular formula is C22H25FN7Na2O7P. The van der Waals surface area contributed by atoms with E-state index in [2.05, 4.69) is 35.0 Å². The zero-order valence-electron chi connectivity index (χ0n) is 19.8. The molecule has 0 spiro atoms. The first-order chi connectivity index (χ1) is 18.2. The summed E-state index contributed by atoms with van der Waals surface area (Å²) in [5.41, 5.74) is 1.75. The Bertz CT molecular complexity index is 1380. The second kappa shape index (κ2) is 14.3. The van der Waals surface area contributed by atoms with Crippen LogP contribution in [0.15, 0.2) is 42.6 Å². The van der Waals surface area contributed by atoms with E-state index in [4.69, 9.17) is 19.3 Å². The van der Waals surface area contributed by atoms with Gasteiger partial charge in [0.25, 0.3) is 5.91 Å². The third kappa shape index (κ3) is 8.33. The summed E-state index contributed by atoms with van der Waals surface area (Å²) in [5, 5.41) is 5.75. The predicted octanol–water partition coefficient (Wildman–Crippen LogP) is 0.830. The SMILES string of the molecule is O=C1COc2ccc(Nc3nc(Nc4ccc(N5CCOCC5)cc4)ncc3F)nc2N1COP(=O)(O)O.[NaH].[NaH]. The van der Waals surface area contributed by atoms with Crippen molar-refractivity contribution in [2.45, 2.75) is 0 Å². The fraction of sp³-hybridized carbons (Fsp3) is 0.273. The topological polar surface area (TPSA) is 171 Å². The molecule has 5 rings (SSSR count). The summed E-state index contributed by atoms with van der Waals surface area (Å²) in [6, 6.07) is 10.6. The number of hydrogen-bond donors (Lipinski definition) is 4. The van der Waals surface area contributed by atoms with Gasteiger partial charge in [-0.25, -0.2) is 18.9 Å². The number of halogens is 1. The summed E-state index contributed by atoms with van der Waals surface area (Å²) in [5.74, 6) is -1.26. The van der Waals surface area contributed by atoms with Crippen LogP contribution in [0.5, 0.6) is 5.75 Å². The average molecular weight is 595 g/mol. The van der Waals surface area contributed by atoms with Crippen LogP contribution < -0.4 is 25.2 Å². The van der Waals surface area contributed by atoms with E-state index in [-0.39, 0.29) is 94.9 Å². The van der Waals surface area contributed by atoms with Crippen LogP contribution in [0.1, 0.15) is 0 Å². The fourth-order valence-electron chi connectivity index (χ4n) is 3.76. The van der Waals surface area contributed by atoms with Gasteiger partial charge in [0, 0.05) is 24.5 Å². The van der Waals surface area contributed by atoms with Crippen LogP contribution in [0, 0.1) is 5.82 Å². The number of phosphoric ester groups is 1. The van der Waals surface area contributed by atoms with Crippen molar-refractivity contribution in [3.8, 4) is 5.75 Å². The van der Waals surface area contributed by atoms with Crippen LogP contribution in [-0.4, -0.2) is 129 Å². The van der Waals surface area contributed by atoms with Crippen molar-refractivity contribution in [3.63, 3.8) is 0 Å². The molecule has 2 aromatic heterocycles. The van der Waals surface area contributed by atoms with Crippen LogP contribution in [0.25, 0.3) is 0 Å². The van der Waals surface area contributed by atoms with Gasteiger partial charge < -0.3 is 34.8 Å². The standard InChI is InChI=1S/C22H23FN7O7P.2Na.2H/c23-16-11-24-22(25-14-1-3-15(4-2-14)29-7-9-35-10-8-29)28-20(16)26-18-6-5-17-21(27-18)30(19(31)12-36-17)13-37-38(32,33)34;;;;/h1-6,11H,7-10,12-13H2,(H2,32,33,34)(H2,24,25,26,27,28);;;;. The Kier molecular flexibility index (Phi) is 11.7. The molecule has 0 atom stereocenters. The first-order valence-electron chi connectivity index (χ1n) is 11.4. The molecule has 2 aliphatic rings. The van der Waals surface area contributed by atoms with Gasteiger partial charge in [0.1, 0.15) is 12.5 Å².